The third-order valence-electron chi connectivity index (χ3n) is 3.26. The zero-order valence-corrected chi connectivity index (χ0v) is 13.4. The maximum absolute atomic E-state index is 11.1. The summed E-state index contributed by atoms with van der Waals surface area (Å²) in [6.07, 6.45) is 1.36. The summed E-state index contributed by atoms with van der Waals surface area (Å²) in [5.41, 5.74) is 3.59. The summed E-state index contributed by atoms with van der Waals surface area (Å²) in [5, 5.41) is 23.9. The molecule has 25 heavy (non-hydrogen) atoms. The van der Waals surface area contributed by atoms with Gasteiger partial charge in [-0.2, -0.15) is 5.10 Å². The molecule has 2 rings (SSSR count). The molecule has 0 unspecified atom stereocenters. The van der Waals surface area contributed by atoms with E-state index in [1.165, 1.54) is 44.7 Å². The van der Waals surface area contributed by atoms with Gasteiger partial charge in [-0.1, -0.05) is 0 Å². The van der Waals surface area contributed by atoms with Crippen LogP contribution >= 0.6 is 0 Å². The average Bonchev–Trinajstić information content (AvgIpc) is 2.61. The topological polar surface area (TPSA) is 123 Å². The number of carboxylic acid groups (broad SMARTS) is 1. The van der Waals surface area contributed by atoms with Crippen molar-refractivity contribution in [2.45, 2.75) is 0 Å². The molecule has 0 spiro atoms. The fraction of sp³-hybridized carbons (Fsp3) is 0.125. The van der Waals surface area contributed by atoms with Gasteiger partial charge < -0.3 is 14.6 Å². The van der Waals surface area contributed by atoms with E-state index < -0.39 is 10.9 Å². The lowest BCUT2D eigenvalue weighted by molar-refractivity contribution is -0.385. The number of nitrogens with zero attached hydrogens (tertiary/aromatic N) is 2. The van der Waals surface area contributed by atoms with Gasteiger partial charge in [0, 0.05) is 17.7 Å². The number of hydrogen-bond acceptors (Lipinski definition) is 7. The Labute approximate surface area is 142 Å². The summed E-state index contributed by atoms with van der Waals surface area (Å²) in [7, 11) is 2.76. The van der Waals surface area contributed by atoms with Crippen LogP contribution in [0.5, 0.6) is 11.5 Å². The van der Waals surface area contributed by atoms with Crippen molar-refractivity contribution in [1.82, 2.24) is 0 Å². The number of anilines is 1. The number of carboxylic acids is 1. The summed E-state index contributed by atoms with van der Waals surface area (Å²) in [6, 6.07) is 8.65. The lowest BCUT2D eigenvalue weighted by Crippen LogP contribution is -2.00. The molecule has 0 aromatic heterocycles. The first kappa shape index (κ1) is 17.7. The number of nitro groups is 1. The number of benzene rings is 2. The van der Waals surface area contributed by atoms with Gasteiger partial charge in [-0.15, -0.1) is 0 Å². The number of ether oxygens (including phenoxy) is 2. The van der Waals surface area contributed by atoms with Gasteiger partial charge in [-0.25, -0.2) is 4.79 Å². The van der Waals surface area contributed by atoms with Gasteiger partial charge in [0.1, 0.15) is 5.75 Å². The predicted molar refractivity (Wildman–Crippen MR) is 90.8 cm³/mol. The van der Waals surface area contributed by atoms with Crippen molar-refractivity contribution >= 4 is 23.6 Å². The molecule has 130 valence electrons. The van der Waals surface area contributed by atoms with E-state index in [1.54, 1.807) is 12.1 Å². The van der Waals surface area contributed by atoms with E-state index in [0.29, 0.717) is 17.0 Å². The largest absolute Gasteiger partial charge is 0.496 e. The second kappa shape index (κ2) is 7.77. The van der Waals surface area contributed by atoms with Crippen molar-refractivity contribution in [3.63, 3.8) is 0 Å². The van der Waals surface area contributed by atoms with Crippen LogP contribution in [-0.2, 0) is 0 Å². The van der Waals surface area contributed by atoms with Crippen LogP contribution in [0.25, 0.3) is 0 Å². The number of carbonyl (C=O) groups is 1. The van der Waals surface area contributed by atoms with E-state index in [-0.39, 0.29) is 17.0 Å². The van der Waals surface area contributed by atoms with E-state index in [4.69, 9.17) is 14.6 Å². The Morgan fingerprint density at radius 2 is 1.84 bits per heavy atom. The Morgan fingerprint density at radius 1 is 1.20 bits per heavy atom. The zero-order valence-electron chi connectivity index (χ0n) is 13.4. The third-order valence-corrected chi connectivity index (χ3v) is 3.26. The molecule has 9 heteroatoms. The van der Waals surface area contributed by atoms with Crippen LogP contribution in [0.2, 0.25) is 0 Å². The molecule has 0 heterocycles. The fourth-order valence-corrected chi connectivity index (χ4v) is 2.01. The van der Waals surface area contributed by atoms with Gasteiger partial charge in [0.25, 0.3) is 0 Å². The molecule has 0 aliphatic heterocycles. The maximum Gasteiger partial charge on any atom is 0.335 e. The van der Waals surface area contributed by atoms with Gasteiger partial charge in [0.2, 0.25) is 5.75 Å². The molecule has 2 N–H and O–H groups in total. The number of hydrazone groups is 1. The van der Waals surface area contributed by atoms with E-state index in [2.05, 4.69) is 10.5 Å². The van der Waals surface area contributed by atoms with E-state index in [0.717, 1.165) is 0 Å². The summed E-state index contributed by atoms with van der Waals surface area (Å²) in [4.78, 5) is 21.3. The molecule has 0 amide bonds. The first-order valence-corrected chi connectivity index (χ1v) is 6.99. The average molecular weight is 345 g/mol. The summed E-state index contributed by atoms with van der Waals surface area (Å²) in [6.45, 7) is 0. The molecule has 0 aliphatic carbocycles. The van der Waals surface area contributed by atoms with Crippen LogP contribution in [0, 0.1) is 10.1 Å². The minimum absolute atomic E-state index is 0.0798. The first-order valence-electron chi connectivity index (χ1n) is 6.99. The second-order valence-electron chi connectivity index (χ2n) is 4.78. The van der Waals surface area contributed by atoms with Crippen LogP contribution < -0.4 is 14.9 Å². The Bertz CT molecular complexity index is 817. The summed E-state index contributed by atoms with van der Waals surface area (Å²) < 4.78 is 10.2. The van der Waals surface area contributed by atoms with Crippen LogP contribution in [0.15, 0.2) is 41.5 Å². The molecular formula is C16H15N3O6. The molecule has 0 saturated heterocycles. The highest BCUT2D eigenvalue weighted by atomic mass is 16.6. The number of nitrogens with one attached hydrogen (secondary N) is 1. The Hall–Kier alpha value is -3.62. The molecule has 0 fully saturated rings. The molecule has 0 bridgehead atoms. The van der Waals surface area contributed by atoms with Crippen LogP contribution in [0.1, 0.15) is 15.9 Å². The van der Waals surface area contributed by atoms with Gasteiger partial charge in [-0.05, 0) is 24.3 Å². The van der Waals surface area contributed by atoms with Crippen LogP contribution in [0.3, 0.4) is 0 Å². The molecule has 0 aliphatic rings. The fourth-order valence-electron chi connectivity index (χ4n) is 2.01. The van der Waals surface area contributed by atoms with E-state index in [9.17, 15) is 14.9 Å². The van der Waals surface area contributed by atoms with Crippen LogP contribution in [-0.4, -0.2) is 36.4 Å². The minimum atomic E-state index is -1.02. The van der Waals surface area contributed by atoms with Crippen molar-refractivity contribution < 1.29 is 24.3 Å². The quantitative estimate of drug-likeness (QED) is 0.449. The van der Waals surface area contributed by atoms with Crippen molar-refractivity contribution in [3.8, 4) is 11.5 Å². The van der Waals surface area contributed by atoms with Crippen molar-refractivity contribution in [2.75, 3.05) is 19.6 Å². The Balaban J connectivity index is 2.23. The van der Waals surface area contributed by atoms with Gasteiger partial charge >= 0.3 is 11.7 Å². The zero-order chi connectivity index (χ0) is 18.4. The second-order valence-corrected chi connectivity index (χ2v) is 4.78. The van der Waals surface area contributed by atoms with E-state index in [1.807, 2.05) is 0 Å². The Kier molecular flexibility index (Phi) is 5.51. The SMILES string of the molecule is COc1cc(OC)c([N+](=O)[O-])cc1C=NNc1ccc(C(=O)O)cc1. The molecule has 2 aromatic rings. The molecule has 0 saturated carbocycles. The van der Waals surface area contributed by atoms with Crippen LogP contribution in [0.4, 0.5) is 11.4 Å². The highest BCUT2D eigenvalue weighted by molar-refractivity contribution is 5.88. The molecule has 0 atom stereocenters. The highest BCUT2D eigenvalue weighted by Crippen LogP contribution is 2.33. The third kappa shape index (κ3) is 4.22. The molecular weight excluding hydrogens is 330 g/mol. The number of hydrogen-bond donors (Lipinski definition) is 2. The maximum atomic E-state index is 11.1. The summed E-state index contributed by atoms with van der Waals surface area (Å²) >= 11 is 0. The smallest absolute Gasteiger partial charge is 0.335 e. The minimum Gasteiger partial charge on any atom is -0.496 e. The lowest BCUT2D eigenvalue weighted by Gasteiger charge is -2.08. The van der Waals surface area contributed by atoms with Gasteiger partial charge in [0.05, 0.1) is 36.6 Å². The number of nitro benzene ring substituents is 1. The number of rotatable bonds is 7. The standard InChI is InChI=1S/C16H15N3O6/c1-24-14-8-15(25-2)13(19(22)23)7-11(14)9-17-18-12-5-3-10(4-6-12)16(20)21/h3-9,18H,1-2H3,(H,20,21). The molecule has 0 radical (unpaired) electrons. The Morgan fingerprint density at radius 3 is 2.36 bits per heavy atom. The highest BCUT2D eigenvalue weighted by Gasteiger charge is 2.18. The number of methoxy groups -OCH3 is 2. The van der Waals surface area contributed by atoms with Crippen molar-refractivity contribution in [3.05, 3.63) is 57.6 Å². The predicted octanol–water partition coefficient (Wildman–Crippen LogP) is 2.76. The lowest BCUT2D eigenvalue weighted by atomic mass is 10.1. The first-order chi connectivity index (χ1) is 12.0. The molecule has 2 aromatic carbocycles. The monoisotopic (exact) mass is 345 g/mol. The number of aromatic carboxylic acids is 1. The summed E-state index contributed by atoms with van der Waals surface area (Å²) in [5.74, 6) is -0.587. The molecule has 9 nitrogen and oxygen atoms in total. The van der Waals surface area contributed by atoms with E-state index >= 15 is 0 Å². The van der Waals surface area contributed by atoms with Gasteiger partial charge in [0.15, 0.2) is 0 Å². The van der Waals surface area contributed by atoms with Crippen molar-refractivity contribution in [1.29, 1.82) is 0 Å². The normalized spacial score (nSPS) is 10.5. The van der Waals surface area contributed by atoms with Crippen molar-refractivity contribution in [2.24, 2.45) is 5.10 Å². The van der Waals surface area contributed by atoms with Gasteiger partial charge in [-0.3, -0.25) is 15.5 Å².